The predicted octanol–water partition coefficient (Wildman–Crippen LogP) is 4.73. The third-order valence-corrected chi connectivity index (χ3v) is 4.23. The normalized spacial score (nSPS) is 10.8. The molecule has 104 valence electrons. The maximum atomic E-state index is 12.4. The van der Waals surface area contributed by atoms with Crippen molar-refractivity contribution in [3.05, 3.63) is 75.9 Å². The molecule has 1 aromatic heterocycles. The molecular formula is C18H14BrNO. The van der Waals surface area contributed by atoms with Crippen molar-refractivity contribution in [1.29, 1.82) is 0 Å². The van der Waals surface area contributed by atoms with E-state index in [0.29, 0.717) is 6.42 Å². The van der Waals surface area contributed by atoms with Gasteiger partial charge in [0.05, 0.1) is 5.52 Å². The smallest absolute Gasteiger partial charge is 0.167 e. The van der Waals surface area contributed by atoms with Crippen LogP contribution >= 0.6 is 15.9 Å². The highest BCUT2D eigenvalue weighted by molar-refractivity contribution is 9.10. The minimum atomic E-state index is 0.115. The molecule has 0 bridgehead atoms. The largest absolute Gasteiger partial charge is 0.294 e. The first-order valence-corrected chi connectivity index (χ1v) is 7.57. The first kappa shape index (κ1) is 14.0. The number of hydrogen-bond donors (Lipinski definition) is 0. The van der Waals surface area contributed by atoms with E-state index in [1.165, 1.54) is 0 Å². The summed E-state index contributed by atoms with van der Waals surface area (Å²) in [6.07, 6.45) is 0.395. The van der Waals surface area contributed by atoms with Crippen LogP contribution in [-0.2, 0) is 6.42 Å². The van der Waals surface area contributed by atoms with Gasteiger partial charge in [-0.1, -0.05) is 40.2 Å². The zero-order valence-corrected chi connectivity index (χ0v) is 13.2. The minimum absolute atomic E-state index is 0.115. The third kappa shape index (κ3) is 3.03. The number of carbonyl (C=O) groups excluding carboxylic acids is 1. The number of Topliss-reactive ketones (excluding diaryl/α,β-unsaturated/α-hetero) is 1. The van der Waals surface area contributed by atoms with Gasteiger partial charge < -0.3 is 0 Å². The highest BCUT2D eigenvalue weighted by atomic mass is 79.9. The summed E-state index contributed by atoms with van der Waals surface area (Å²) < 4.78 is 0.969. The number of benzene rings is 2. The summed E-state index contributed by atoms with van der Waals surface area (Å²) in [5, 5.41) is 0.999. The van der Waals surface area contributed by atoms with Gasteiger partial charge in [0.2, 0.25) is 0 Å². The number of pyridine rings is 1. The number of carbonyl (C=O) groups is 1. The Hall–Kier alpha value is -2.00. The highest BCUT2D eigenvalue weighted by Gasteiger charge is 2.10. The molecule has 2 aromatic carbocycles. The number of rotatable bonds is 3. The number of aromatic nitrogens is 1. The molecule has 2 nitrogen and oxygen atoms in total. The zero-order valence-electron chi connectivity index (χ0n) is 11.6. The molecule has 0 N–H and O–H groups in total. The maximum absolute atomic E-state index is 12.4. The summed E-state index contributed by atoms with van der Waals surface area (Å²) in [7, 11) is 0. The van der Waals surface area contributed by atoms with Crippen LogP contribution in [0.2, 0.25) is 0 Å². The third-order valence-electron chi connectivity index (χ3n) is 3.46. The summed E-state index contributed by atoms with van der Waals surface area (Å²) in [6, 6.07) is 17.5. The highest BCUT2D eigenvalue weighted by Crippen LogP contribution is 2.20. The Morgan fingerprint density at radius 2 is 1.90 bits per heavy atom. The van der Waals surface area contributed by atoms with E-state index in [0.717, 1.165) is 32.2 Å². The second kappa shape index (κ2) is 5.78. The van der Waals surface area contributed by atoms with Crippen LogP contribution in [0.15, 0.2) is 59.1 Å². The van der Waals surface area contributed by atoms with Gasteiger partial charge in [0.25, 0.3) is 0 Å². The van der Waals surface area contributed by atoms with Crippen molar-refractivity contribution in [2.45, 2.75) is 13.3 Å². The van der Waals surface area contributed by atoms with Crippen molar-refractivity contribution in [2.24, 2.45) is 0 Å². The van der Waals surface area contributed by atoms with Crippen LogP contribution < -0.4 is 0 Å². The molecule has 0 fully saturated rings. The van der Waals surface area contributed by atoms with E-state index in [9.17, 15) is 4.79 Å². The SMILES string of the molecule is Cc1ccc2cc(C(=O)Cc3ccccc3Br)ccc2n1. The second-order valence-corrected chi connectivity index (χ2v) is 5.91. The van der Waals surface area contributed by atoms with Crippen LogP contribution in [-0.4, -0.2) is 10.8 Å². The van der Waals surface area contributed by atoms with Crippen molar-refractivity contribution < 1.29 is 4.79 Å². The van der Waals surface area contributed by atoms with Crippen LogP contribution in [0.25, 0.3) is 10.9 Å². The van der Waals surface area contributed by atoms with E-state index in [4.69, 9.17) is 0 Å². The molecule has 0 aliphatic rings. The predicted molar refractivity (Wildman–Crippen MR) is 88.7 cm³/mol. The quantitative estimate of drug-likeness (QED) is 0.645. The van der Waals surface area contributed by atoms with Gasteiger partial charge in [0.15, 0.2) is 5.78 Å². The van der Waals surface area contributed by atoms with Crippen LogP contribution in [0, 0.1) is 6.92 Å². The Labute approximate surface area is 132 Å². The molecule has 3 aromatic rings. The Kier molecular flexibility index (Phi) is 3.84. The summed E-state index contributed by atoms with van der Waals surface area (Å²) in [4.78, 5) is 16.9. The van der Waals surface area contributed by atoms with E-state index in [1.807, 2.05) is 61.5 Å². The Balaban J connectivity index is 1.91. The van der Waals surface area contributed by atoms with E-state index in [-0.39, 0.29) is 5.78 Å². The number of fused-ring (bicyclic) bond motifs is 1. The van der Waals surface area contributed by atoms with Gasteiger partial charge in [0.1, 0.15) is 0 Å². The molecule has 0 aliphatic heterocycles. The summed E-state index contributed by atoms with van der Waals surface area (Å²) in [5.74, 6) is 0.115. The lowest BCUT2D eigenvalue weighted by Gasteiger charge is -2.05. The molecule has 0 aliphatic carbocycles. The average Bonchev–Trinajstić information content (AvgIpc) is 2.49. The van der Waals surface area contributed by atoms with Gasteiger partial charge in [-0.3, -0.25) is 9.78 Å². The Morgan fingerprint density at radius 3 is 2.71 bits per heavy atom. The lowest BCUT2D eigenvalue weighted by molar-refractivity contribution is 0.0993. The molecular weight excluding hydrogens is 326 g/mol. The second-order valence-electron chi connectivity index (χ2n) is 5.05. The van der Waals surface area contributed by atoms with Gasteiger partial charge in [-0.15, -0.1) is 0 Å². The van der Waals surface area contributed by atoms with Crippen molar-refractivity contribution in [3.8, 4) is 0 Å². The molecule has 1 heterocycles. The van der Waals surface area contributed by atoms with Gasteiger partial charge in [-0.05, 0) is 42.8 Å². The molecule has 0 spiro atoms. The summed E-state index contributed by atoms with van der Waals surface area (Å²) in [5.41, 5.74) is 3.63. The number of ketones is 1. The molecule has 3 rings (SSSR count). The van der Waals surface area contributed by atoms with Crippen LogP contribution in [0.1, 0.15) is 21.6 Å². The van der Waals surface area contributed by atoms with Gasteiger partial charge in [-0.2, -0.15) is 0 Å². The molecule has 0 saturated heterocycles. The van der Waals surface area contributed by atoms with Crippen LogP contribution in [0.4, 0.5) is 0 Å². The zero-order chi connectivity index (χ0) is 14.8. The molecule has 3 heteroatoms. The number of aryl methyl sites for hydroxylation is 1. The molecule has 0 amide bonds. The van der Waals surface area contributed by atoms with Gasteiger partial charge >= 0.3 is 0 Å². The molecule has 0 unspecified atom stereocenters. The maximum Gasteiger partial charge on any atom is 0.167 e. The van der Waals surface area contributed by atoms with E-state index in [1.54, 1.807) is 0 Å². The molecule has 0 radical (unpaired) electrons. The first-order valence-electron chi connectivity index (χ1n) is 6.77. The van der Waals surface area contributed by atoms with Crippen molar-refractivity contribution >= 4 is 32.6 Å². The Bertz CT molecular complexity index is 826. The minimum Gasteiger partial charge on any atom is -0.294 e. The lowest BCUT2D eigenvalue weighted by atomic mass is 10.0. The average molecular weight is 340 g/mol. The summed E-state index contributed by atoms with van der Waals surface area (Å²) in [6.45, 7) is 1.96. The fraction of sp³-hybridized carbons (Fsp3) is 0.111. The topological polar surface area (TPSA) is 30.0 Å². The molecule has 0 atom stereocenters. The fourth-order valence-electron chi connectivity index (χ4n) is 2.32. The van der Waals surface area contributed by atoms with Gasteiger partial charge in [-0.25, -0.2) is 0 Å². The summed E-state index contributed by atoms with van der Waals surface area (Å²) >= 11 is 3.48. The van der Waals surface area contributed by atoms with Crippen molar-refractivity contribution in [2.75, 3.05) is 0 Å². The number of halogens is 1. The number of nitrogens with zero attached hydrogens (tertiary/aromatic N) is 1. The Morgan fingerprint density at radius 1 is 1.10 bits per heavy atom. The first-order chi connectivity index (χ1) is 10.1. The van der Waals surface area contributed by atoms with Crippen LogP contribution in [0.5, 0.6) is 0 Å². The molecule has 21 heavy (non-hydrogen) atoms. The monoisotopic (exact) mass is 339 g/mol. The van der Waals surface area contributed by atoms with Crippen molar-refractivity contribution in [1.82, 2.24) is 4.98 Å². The molecule has 0 saturated carbocycles. The standard InChI is InChI=1S/C18H14BrNO/c1-12-6-7-14-10-15(8-9-17(14)20-12)18(21)11-13-4-2-3-5-16(13)19/h2-10H,11H2,1H3. The van der Waals surface area contributed by atoms with Crippen LogP contribution in [0.3, 0.4) is 0 Å². The van der Waals surface area contributed by atoms with E-state index >= 15 is 0 Å². The lowest BCUT2D eigenvalue weighted by Crippen LogP contribution is -2.04. The van der Waals surface area contributed by atoms with E-state index < -0.39 is 0 Å². The van der Waals surface area contributed by atoms with Gasteiger partial charge in [0, 0.05) is 27.5 Å². The van der Waals surface area contributed by atoms with E-state index in [2.05, 4.69) is 20.9 Å². The fourth-order valence-corrected chi connectivity index (χ4v) is 2.74. The number of hydrogen-bond acceptors (Lipinski definition) is 2. The van der Waals surface area contributed by atoms with Crippen molar-refractivity contribution in [3.63, 3.8) is 0 Å².